The lowest BCUT2D eigenvalue weighted by Gasteiger charge is -2.55. The monoisotopic (exact) mass is 893 g/mol. The van der Waals surface area contributed by atoms with Gasteiger partial charge in [0, 0.05) is 55.4 Å². The third-order valence-electron chi connectivity index (χ3n) is 13.9. The molecule has 6 heterocycles. The number of nitrogens with one attached hydrogen (secondary N) is 2. The summed E-state index contributed by atoms with van der Waals surface area (Å²) in [4.78, 5) is 80.5. The van der Waals surface area contributed by atoms with Crippen molar-refractivity contribution in [3.8, 4) is 0 Å². The fraction of sp³-hybridized carbons (Fsp3) is 0.449. The van der Waals surface area contributed by atoms with E-state index in [0.29, 0.717) is 25.3 Å². The molecule has 2 bridgehead atoms. The molecule has 65 heavy (non-hydrogen) atoms. The third kappa shape index (κ3) is 9.98. The van der Waals surface area contributed by atoms with Gasteiger partial charge in [0.25, 0.3) is 0 Å². The van der Waals surface area contributed by atoms with Crippen molar-refractivity contribution in [2.45, 2.75) is 39.3 Å². The fourth-order valence-corrected chi connectivity index (χ4v) is 10.4. The predicted octanol–water partition coefficient (Wildman–Crippen LogP) is 4.60. The number of ketones is 1. The molecule has 346 valence electrons. The van der Waals surface area contributed by atoms with Gasteiger partial charge in [-0.25, -0.2) is 14.4 Å². The van der Waals surface area contributed by atoms with Crippen LogP contribution in [0.2, 0.25) is 0 Å². The first kappa shape index (κ1) is 48.1. The number of anilines is 1. The highest BCUT2D eigenvalue weighted by Crippen LogP contribution is 2.50. The Hall–Kier alpha value is -6.39. The zero-order valence-electron chi connectivity index (χ0n) is 37.8. The van der Waals surface area contributed by atoms with Gasteiger partial charge in [-0.15, -0.1) is 0 Å². The van der Waals surface area contributed by atoms with Gasteiger partial charge in [0.15, 0.2) is 5.78 Å². The smallest absolute Gasteiger partial charge is 0.414 e. The Balaban J connectivity index is 0.00000345. The number of rotatable bonds is 19. The number of hydrogen-bond acceptors (Lipinski definition) is 11. The number of fused-ring (bicyclic) bond motifs is 4. The Morgan fingerprint density at radius 2 is 1.46 bits per heavy atom. The molecule has 6 aliphatic heterocycles. The lowest BCUT2D eigenvalue weighted by atomic mass is 9.72. The van der Waals surface area contributed by atoms with Crippen molar-refractivity contribution in [3.05, 3.63) is 103 Å². The van der Waals surface area contributed by atoms with Crippen molar-refractivity contribution in [3.63, 3.8) is 0 Å². The van der Waals surface area contributed by atoms with Crippen LogP contribution >= 0.6 is 0 Å². The summed E-state index contributed by atoms with van der Waals surface area (Å²) in [5, 5.41) is 7.45. The summed E-state index contributed by atoms with van der Waals surface area (Å²) in [5.41, 5.74) is 4.83. The number of esters is 1. The summed E-state index contributed by atoms with van der Waals surface area (Å²) in [7, 11) is 0. The van der Waals surface area contributed by atoms with Gasteiger partial charge in [0.1, 0.15) is 71.6 Å². The summed E-state index contributed by atoms with van der Waals surface area (Å²) in [6.07, 6.45) is 5.94. The van der Waals surface area contributed by atoms with Crippen LogP contribution in [0.25, 0.3) is 10.8 Å². The molecular formula is C49H63N7O9+2. The second-order valence-electron chi connectivity index (χ2n) is 17.4. The largest absolute Gasteiger partial charge is 0.457 e. The van der Waals surface area contributed by atoms with Gasteiger partial charge >= 0.3 is 18.2 Å². The number of quaternary nitrogens is 2. The minimum absolute atomic E-state index is 0.0232. The molecule has 6 aliphatic rings. The molecular weight excluding hydrogens is 831 g/mol. The van der Waals surface area contributed by atoms with Crippen molar-refractivity contribution in [2.75, 3.05) is 90.2 Å². The average Bonchev–Trinajstić information content (AvgIpc) is 3.80. The van der Waals surface area contributed by atoms with Gasteiger partial charge in [0.2, 0.25) is 11.9 Å². The lowest BCUT2D eigenvalue weighted by Crippen LogP contribution is -2.75. The van der Waals surface area contributed by atoms with Gasteiger partial charge < -0.3 is 37.8 Å². The molecule has 16 nitrogen and oxygen atoms in total. The number of piperazine rings is 3. The second kappa shape index (κ2) is 21.1. The van der Waals surface area contributed by atoms with Crippen molar-refractivity contribution >= 4 is 59.1 Å². The van der Waals surface area contributed by atoms with E-state index in [-0.39, 0.29) is 49.4 Å². The number of aliphatic imine (C=N–C) groups is 1. The summed E-state index contributed by atoms with van der Waals surface area (Å²) < 4.78 is 17.7. The maximum absolute atomic E-state index is 13.6. The molecule has 0 spiro atoms. The normalized spacial score (nSPS) is 23.8. The molecule has 2 aromatic rings. The van der Waals surface area contributed by atoms with Gasteiger partial charge in [0.05, 0.1) is 25.0 Å². The number of hydrogen-bond donors (Lipinski definition) is 2. The molecule has 0 aromatic heterocycles. The number of β-lactam (4-membered cyclic amide) rings is 1. The van der Waals surface area contributed by atoms with E-state index in [4.69, 9.17) is 19.0 Å². The zero-order valence-corrected chi connectivity index (χ0v) is 37.8. The molecule has 3 unspecified atom stereocenters. The first-order valence-electron chi connectivity index (χ1n) is 22.3. The van der Waals surface area contributed by atoms with Crippen molar-refractivity contribution in [1.82, 2.24) is 15.5 Å². The van der Waals surface area contributed by atoms with E-state index in [0.717, 1.165) is 85.4 Å². The van der Waals surface area contributed by atoms with Crippen LogP contribution in [0.3, 0.4) is 0 Å². The van der Waals surface area contributed by atoms with E-state index in [9.17, 15) is 24.0 Å². The number of benzene rings is 2. The number of alkyl carbamates (subject to hydrolysis) is 2. The Labute approximate surface area is 381 Å². The molecule has 0 saturated carbocycles. The number of nitrogens with zero attached hydrogens (tertiary/aromatic N) is 5. The molecule has 2 aromatic carbocycles. The van der Waals surface area contributed by atoms with E-state index in [1.165, 1.54) is 46.2 Å². The highest BCUT2D eigenvalue weighted by molar-refractivity contribution is 6.05. The number of carbonyl (C=O) groups is 6. The van der Waals surface area contributed by atoms with Crippen LogP contribution in [0.15, 0.2) is 97.2 Å². The van der Waals surface area contributed by atoms with Crippen molar-refractivity contribution in [1.29, 1.82) is 0 Å². The summed E-state index contributed by atoms with van der Waals surface area (Å²) in [6, 6.07) is 10.7. The molecule has 4 saturated heterocycles. The second-order valence-corrected chi connectivity index (χ2v) is 17.4. The molecule has 16 heteroatoms. The van der Waals surface area contributed by atoms with Crippen molar-refractivity contribution < 1.29 is 51.9 Å². The first-order valence-corrected chi connectivity index (χ1v) is 22.3. The van der Waals surface area contributed by atoms with E-state index < -0.39 is 30.0 Å². The van der Waals surface area contributed by atoms with Crippen LogP contribution in [0.5, 0.6) is 0 Å². The number of guanidine groups is 1. The standard InChI is InChI=1S/C48H59N7O8.CH2O/c1-7-27-61-45(58)43-37(32(5)42-40(44(57)53(42)43)33(6)39(56)10-4)31-52-30-35-16-15-34(36-13-11-14-38(52)41(35)36)17-20-55-24-21-54(22-25-55,23-26-55)19-12-18-49-46(50-47(59)62-28-8-2)51-48(60)63-29-9-3;1-2/h7-11,13-16,32-33,40,42H,1-4,12,17-31H2,5-6H3;1H2/p+2/t32-,33?,40?,42?,54?,55?;/m0./s1. The van der Waals surface area contributed by atoms with Crippen LogP contribution in [-0.4, -0.2) is 148 Å². The minimum atomic E-state index is -0.751. The number of ether oxygens (including phenoxy) is 3. The Morgan fingerprint density at radius 1 is 0.862 bits per heavy atom. The van der Waals surface area contributed by atoms with E-state index in [1.54, 1.807) is 11.8 Å². The Kier molecular flexibility index (Phi) is 15.6. The first-order chi connectivity index (χ1) is 31.4. The van der Waals surface area contributed by atoms with E-state index in [2.05, 4.69) is 77.2 Å². The Bertz CT molecular complexity index is 2230. The number of allylic oxidation sites excluding steroid dienone is 1. The number of carbonyl (C=O) groups excluding carboxylic acids is 6. The summed E-state index contributed by atoms with van der Waals surface area (Å²) in [6.45, 7) is 30.5. The van der Waals surface area contributed by atoms with Crippen LogP contribution in [0.4, 0.5) is 15.3 Å². The average molecular weight is 894 g/mol. The van der Waals surface area contributed by atoms with Gasteiger partial charge in [-0.2, -0.15) is 0 Å². The third-order valence-corrected chi connectivity index (χ3v) is 13.9. The van der Waals surface area contributed by atoms with E-state index in [1.807, 2.05) is 13.7 Å². The van der Waals surface area contributed by atoms with E-state index >= 15 is 0 Å². The highest BCUT2D eigenvalue weighted by Gasteiger charge is 2.61. The summed E-state index contributed by atoms with van der Waals surface area (Å²) in [5.74, 6) is -2.17. The molecule has 4 fully saturated rings. The lowest BCUT2D eigenvalue weighted by molar-refractivity contribution is -1.08. The van der Waals surface area contributed by atoms with Gasteiger partial charge in [-0.1, -0.05) is 82.7 Å². The van der Waals surface area contributed by atoms with Crippen LogP contribution < -0.4 is 15.5 Å². The van der Waals surface area contributed by atoms with Crippen molar-refractivity contribution in [2.24, 2.45) is 22.7 Å². The van der Waals surface area contributed by atoms with Gasteiger partial charge in [-0.3, -0.25) is 25.2 Å². The fourth-order valence-electron chi connectivity index (χ4n) is 10.4. The Morgan fingerprint density at radius 3 is 2.06 bits per heavy atom. The molecule has 0 radical (unpaired) electrons. The SMILES string of the molecule is C=CCOC(=O)NC(=NCCC[N+]12CC[N+](CCc3ccc4c5c(cccc35)N(CC3=C(C(=O)OCC=C)N5C(=O)C(C(C)C(=O)C=C)C5[C@H]3C)C4)(CC1)CC2)NC(=O)OCC=C.C=O. The minimum Gasteiger partial charge on any atom is -0.457 e. The highest BCUT2D eigenvalue weighted by atomic mass is 16.6. The van der Waals surface area contributed by atoms with Gasteiger partial charge in [-0.05, 0) is 34.2 Å². The topological polar surface area (TPSA) is 173 Å². The molecule has 2 N–H and O–H groups in total. The molecule has 4 atom stereocenters. The number of amides is 3. The zero-order chi connectivity index (χ0) is 46.9. The predicted molar refractivity (Wildman–Crippen MR) is 247 cm³/mol. The molecule has 3 amide bonds. The molecule has 0 aliphatic carbocycles. The summed E-state index contributed by atoms with van der Waals surface area (Å²) >= 11 is 0. The quantitative estimate of drug-likeness (QED) is 0.0234. The maximum atomic E-state index is 13.6. The maximum Gasteiger partial charge on any atom is 0.414 e. The molecule has 8 rings (SSSR count). The van der Waals surface area contributed by atoms with Crippen LogP contribution in [-0.2, 0) is 46.4 Å². The van der Waals surface area contributed by atoms with Crippen LogP contribution in [0.1, 0.15) is 31.4 Å². The van der Waals surface area contributed by atoms with Crippen LogP contribution in [0, 0.1) is 17.8 Å².